The van der Waals surface area contributed by atoms with Crippen LogP contribution in [0.1, 0.15) is 24.0 Å². The number of fused-ring (bicyclic) bond motifs is 1. The number of halogens is 5. The largest absolute Gasteiger partial charge is 0.402 e. The number of hydrogen-bond donors (Lipinski definition) is 1. The van der Waals surface area contributed by atoms with Gasteiger partial charge in [0.05, 0.1) is 21.9 Å². The highest BCUT2D eigenvalue weighted by atomic mass is 35.5. The van der Waals surface area contributed by atoms with Gasteiger partial charge in [0.1, 0.15) is 6.54 Å². The molecule has 6 rings (SSSR count). The van der Waals surface area contributed by atoms with Gasteiger partial charge in [-0.15, -0.1) is 0 Å². The third-order valence-electron chi connectivity index (χ3n) is 8.29. The first kappa shape index (κ1) is 26.1. The highest BCUT2D eigenvalue weighted by molar-refractivity contribution is 7.87. The minimum absolute atomic E-state index is 0.0684. The Balaban J connectivity index is 1.32. The zero-order valence-electron chi connectivity index (χ0n) is 20.4. The molecule has 1 spiro atoms. The van der Waals surface area contributed by atoms with Crippen LogP contribution in [0.2, 0.25) is 10.0 Å². The number of rotatable bonds is 3. The fourth-order valence-electron chi connectivity index (χ4n) is 6.56. The average molecular weight is 585 g/mol. The Morgan fingerprint density at radius 2 is 1.76 bits per heavy atom. The Bertz CT molecular complexity index is 1540. The molecule has 1 saturated heterocycles. The molecule has 3 atom stereocenters. The predicted molar refractivity (Wildman–Crippen MR) is 140 cm³/mol. The third kappa shape index (κ3) is 4.44. The molecule has 3 aromatic rings. The van der Waals surface area contributed by atoms with Gasteiger partial charge in [0.25, 0.3) is 10.2 Å². The van der Waals surface area contributed by atoms with Gasteiger partial charge in [-0.2, -0.15) is 35.7 Å². The number of hydrogen-bond acceptors (Lipinski definition) is 3. The maximum Gasteiger partial charge on any atom is 0.402 e. The second kappa shape index (κ2) is 8.96. The molecule has 2 bridgehead atoms. The molecule has 1 N–H and O–H groups in total. The van der Waals surface area contributed by atoms with Crippen molar-refractivity contribution in [1.82, 2.24) is 18.8 Å². The summed E-state index contributed by atoms with van der Waals surface area (Å²) in [5, 5.41) is 5.76. The lowest BCUT2D eigenvalue weighted by Gasteiger charge is -2.33. The molecule has 202 valence electrons. The van der Waals surface area contributed by atoms with Crippen LogP contribution < -0.4 is 4.72 Å². The molecule has 0 amide bonds. The molecule has 0 radical (unpaired) electrons. The fourth-order valence-corrected chi connectivity index (χ4v) is 8.77. The van der Waals surface area contributed by atoms with Crippen molar-refractivity contribution in [3.05, 3.63) is 63.6 Å². The molecule has 2 fully saturated rings. The van der Waals surface area contributed by atoms with Crippen LogP contribution in [0.5, 0.6) is 0 Å². The van der Waals surface area contributed by atoms with Crippen molar-refractivity contribution in [2.45, 2.75) is 37.4 Å². The van der Waals surface area contributed by atoms with Crippen LogP contribution in [-0.2, 0) is 30.1 Å². The van der Waals surface area contributed by atoms with E-state index < -0.39 is 28.5 Å². The van der Waals surface area contributed by atoms with Crippen molar-refractivity contribution in [2.75, 3.05) is 13.1 Å². The summed E-state index contributed by atoms with van der Waals surface area (Å²) in [5.74, 6) is -0.162. The van der Waals surface area contributed by atoms with E-state index in [1.165, 1.54) is 0 Å². The zero-order valence-corrected chi connectivity index (χ0v) is 22.7. The smallest absolute Gasteiger partial charge is 0.267 e. The molecule has 1 saturated carbocycles. The number of benzene rings is 2. The maximum atomic E-state index is 13.1. The van der Waals surface area contributed by atoms with E-state index in [0.717, 1.165) is 46.5 Å². The SMILES string of the molecule is Cn1nc(-c2ccc3c(c2)C[C@H]2CC[C@@H](C3)[C@]23CN(CC(F)(F)F)S(=O)(=O)N3)cc1-c1ccc(Cl)cc1Cl. The van der Waals surface area contributed by atoms with Crippen LogP contribution in [0.25, 0.3) is 22.5 Å². The molecule has 2 aliphatic carbocycles. The van der Waals surface area contributed by atoms with E-state index in [2.05, 4.69) is 10.8 Å². The van der Waals surface area contributed by atoms with Crippen molar-refractivity contribution in [3.8, 4) is 22.5 Å². The molecule has 0 unspecified atom stereocenters. The Morgan fingerprint density at radius 1 is 1.05 bits per heavy atom. The van der Waals surface area contributed by atoms with Crippen LogP contribution in [0.3, 0.4) is 0 Å². The topological polar surface area (TPSA) is 67.2 Å². The quantitative estimate of drug-likeness (QED) is 0.433. The van der Waals surface area contributed by atoms with Crippen LogP contribution >= 0.6 is 23.2 Å². The summed E-state index contributed by atoms with van der Waals surface area (Å²) in [6.07, 6.45) is -1.86. The Morgan fingerprint density at radius 3 is 2.45 bits per heavy atom. The normalized spacial score (nSPS) is 26.6. The summed E-state index contributed by atoms with van der Waals surface area (Å²) in [5.41, 5.74) is 4.60. The second-order valence-corrected chi connectivity index (χ2v) is 13.1. The van der Waals surface area contributed by atoms with E-state index >= 15 is 0 Å². The molecular weight excluding hydrogens is 560 g/mol. The molecule has 2 aromatic carbocycles. The van der Waals surface area contributed by atoms with Gasteiger partial charge in [0, 0.05) is 29.7 Å². The van der Waals surface area contributed by atoms with E-state index in [1.54, 1.807) is 16.8 Å². The van der Waals surface area contributed by atoms with E-state index in [1.807, 2.05) is 31.3 Å². The van der Waals surface area contributed by atoms with E-state index in [-0.39, 0.29) is 18.4 Å². The van der Waals surface area contributed by atoms with Crippen LogP contribution in [-0.4, -0.2) is 47.3 Å². The van der Waals surface area contributed by atoms with Crippen molar-refractivity contribution >= 4 is 33.4 Å². The van der Waals surface area contributed by atoms with E-state index in [0.29, 0.717) is 27.2 Å². The lowest BCUT2D eigenvalue weighted by molar-refractivity contribution is -0.136. The zero-order chi connectivity index (χ0) is 27.0. The standard InChI is InChI=1S/C26H25Cl2F3N4O2S/c1-34-24(21-7-6-20(27)11-22(21)28)12-23(32-34)16-3-2-15-9-18-4-5-19(10-17(15)8-16)25(18)13-35(14-26(29,30)31)38(36,37)33-25/h2-3,6-8,11-12,18-19,33H,4-5,9-10,13-14H2,1H3/t18-,19+,25+/m0/s1. The summed E-state index contributed by atoms with van der Waals surface area (Å²) >= 11 is 12.5. The molecule has 3 aliphatic rings. The number of nitrogens with zero attached hydrogens (tertiary/aromatic N) is 3. The van der Waals surface area contributed by atoms with Gasteiger partial charge in [0.2, 0.25) is 0 Å². The summed E-state index contributed by atoms with van der Waals surface area (Å²) in [6.45, 7) is -1.63. The molecular formula is C26H25Cl2F3N4O2S. The lowest BCUT2D eigenvalue weighted by Crippen LogP contribution is -2.52. The van der Waals surface area contributed by atoms with Crippen LogP contribution in [0.4, 0.5) is 13.2 Å². The van der Waals surface area contributed by atoms with Gasteiger partial charge in [-0.05, 0) is 79.0 Å². The maximum absolute atomic E-state index is 13.1. The van der Waals surface area contributed by atoms with Crippen molar-refractivity contribution < 1.29 is 21.6 Å². The molecule has 1 aliphatic heterocycles. The van der Waals surface area contributed by atoms with E-state index in [9.17, 15) is 21.6 Å². The predicted octanol–water partition coefficient (Wildman–Crippen LogP) is 5.64. The molecule has 6 nitrogen and oxygen atoms in total. The first-order valence-corrected chi connectivity index (χ1v) is 14.5. The molecule has 2 heterocycles. The number of aromatic nitrogens is 2. The Hall–Kier alpha value is -2.11. The Kier molecular flexibility index (Phi) is 6.16. The fraction of sp³-hybridized carbons (Fsp3) is 0.423. The van der Waals surface area contributed by atoms with Crippen molar-refractivity contribution in [3.63, 3.8) is 0 Å². The minimum Gasteiger partial charge on any atom is -0.267 e. The first-order chi connectivity index (χ1) is 17.8. The molecule has 12 heteroatoms. The van der Waals surface area contributed by atoms with Gasteiger partial charge >= 0.3 is 6.18 Å². The van der Waals surface area contributed by atoms with Gasteiger partial charge < -0.3 is 0 Å². The summed E-state index contributed by atoms with van der Waals surface area (Å²) in [4.78, 5) is 0. The van der Waals surface area contributed by atoms with Gasteiger partial charge in [-0.3, -0.25) is 4.68 Å². The van der Waals surface area contributed by atoms with Crippen LogP contribution in [0, 0.1) is 11.8 Å². The Labute approximate surface area is 228 Å². The first-order valence-electron chi connectivity index (χ1n) is 12.3. The summed E-state index contributed by atoms with van der Waals surface area (Å²) in [6, 6.07) is 13.4. The average Bonchev–Trinajstić information content (AvgIpc) is 3.38. The number of aryl methyl sites for hydroxylation is 1. The minimum atomic E-state index is -4.60. The molecule has 38 heavy (non-hydrogen) atoms. The third-order valence-corrected chi connectivity index (χ3v) is 10.4. The monoisotopic (exact) mass is 584 g/mol. The van der Waals surface area contributed by atoms with Crippen molar-refractivity contribution in [1.29, 1.82) is 0 Å². The van der Waals surface area contributed by atoms with Crippen molar-refractivity contribution in [2.24, 2.45) is 18.9 Å². The molecule has 1 aromatic heterocycles. The number of alkyl halides is 3. The lowest BCUT2D eigenvalue weighted by atomic mass is 9.79. The number of nitrogens with one attached hydrogen (secondary N) is 1. The van der Waals surface area contributed by atoms with Gasteiger partial charge in [0.15, 0.2) is 0 Å². The van der Waals surface area contributed by atoms with E-state index in [4.69, 9.17) is 28.3 Å². The summed E-state index contributed by atoms with van der Waals surface area (Å²) < 4.78 is 69.9. The van der Waals surface area contributed by atoms with Crippen LogP contribution in [0.15, 0.2) is 42.5 Å². The summed E-state index contributed by atoms with van der Waals surface area (Å²) in [7, 11) is -2.37. The highest BCUT2D eigenvalue weighted by Gasteiger charge is 2.60. The highest BCUT2D eigenvalue weighted by Crippen LogP contribution is 2.51. The van der Waals surface area contributed by atoms with Gasteiger partial charge in [-0.1, -0.05) is 35.3 Å². The van der Waals surface area contributed by atoms with Gasteiger partial charge in [-0.25, -0.2) is 0 Å². The second-order valence-electron chi connectivity index (χ2n) is 10.6.